The van der Waals surface area contributed by atoms with Crippen molar-refractivity contribution in [2.24, 2.45) is 0 Å². The zero-order chi connectivity index (χ0) is 9.99. The monoisotopic (exact) mass is 193 g/mol. The molecule has 0 aliphatic carbocycles. The Morgan fingerprint density at radius 2 is 1.50 bits per heavy atom. The predicted molar refractivity (Wildman–Crippen MR) is 30.3 cm³/mol. The third kappa shape index (κ3) is 2.04. The molecule has 0 saturated carbocycles. The highest BCUT2D eigenvalue weighted by Gasteiger charge is 2.63. The summed E-state index contributed by atoms with van der Waals surface area (Å²) in [6, 6.07) is 0. The molecular weight excluding hydrogens is 186 g/mol. The zero-order valence-corrected chi connectivity index (χ0v) is 6.18. The fourth-order valence-corrected chi connectivity index (χ4v) is 0.609. The van der Waals surface area contributed by atoms with Crippen LogP contribution in [0.25, 0.3) is 0 Å². The molecule has 0 aliphatic rings. The summed E-state index contributed by atoms with van der Waals surface area (Å²) < 4.78 is 71.0. The average Bonchev–Trinajstić information content (AvgIpc) is 1.86. The van der Waals surface area contributed by atoms with Gasteiger partial charge in [0.15, 0.2) is 0 Å². The summed E-state index contributed by atoms with van der Waals surface area (Å²) >= 11 is 0. The van der Waals surface area contributed by atoms with Gasteiger partial charge in [0.05, 0.1) is 0 Å². The van der Waals surface area contributed by atoms with Crippen LogP contribution in [0, 0.1) is 6.43 Å². The molecule has 12 heavy (non-hydrogen) atoms. The number of rotatable bonds is 4. The van der Waals surface area contributed by atoms with E-state index < -0.39 is 24.7 Å². The minimum atomic E-state index is -5.30. The van der Waals surface area contributed by atoms with Crippen LogP contribution < -0.4 is 0 Å². The first-order valence-corrected chi connectivity index (χ1v) is 3.19. The number of hydrogen-bond donors (Lipinski definition) is 0. The molecule has 0 rings (SSSR count). The van der Waals surface area contributed by atoms with E-state index in [1.807, 2.05) is 0 Å². The van der Waals surface area contributed by atoms with Gasteiger partial charge in [-0.2, -0.15) is 26.3 Å². The SMILES string of the molecule is CCCC(F)(F)C(F)(F)[C](F)F. The van der Waals surface area contributed by atoms with Crippen molar-refractivity contribution in [2.45, 2.75) is 31.6 Å². The molecule has 1 radical (unpaired) electrons. The third-order valence-corrected chi connectivity index (χ3v) is 1.26. The molecule has 0 unspecified atom stereocenters. The summed E-state index contributed by atoms with van der Waals surface area (Å²) in [4.78, 5) is 0. The quantitative estimate of drug-likeness (QED) is 0.599. The van der Waals surface area contributed by atoms with E-state index in [4.69, 9.17) is 0 Å². The van der Waals surface area contributed by atoms with E-state index in [-0.39, 0.29) is 6.42 Å². The molecule has 0 atom stereocenters. The van der Waals surface area contributed by atoms with Gasteiger partial charge in [-0.25, -0.2) is 0 Å². The van der Waals surface area contributed by atoms with Gasteiger partial charge in [-0.1, -0.05) is 13.3 Å². The topological polar surface area (TPSA) is 0 Å². The summed E-state index contributed by atoms with van der Waals surface area (Å²) in [6.07, 6.45) is -5.08. The Hall–Kier alpha value is -0.420. The standard InChI is InChI=1S/C6H7F6/c1-2-3-5(9,10)6(11,12)4(7)8/h2-3H2,1H3. The molecule has 0 fully saturated rings. The molecule has 0 aromatic carbocycles. The van der Waals surface area contributed by atoms with E-state index in [1.165, 1.54) is 6.92 Å². The Morgan fingerprint density at radius 1 is 1.08 bits per heavy atom. The van der Waals surface area contributed by atoms with Crippen molar-refractivity contribution in [1.29, 1.82) is 0 Å². The highest BCUT2D eigenvalue weighted by molar-refractivity contribution is 4.95. The van der Waals surface area contributed by atoms with Gasteiger partial charge < -0.3 is 0 Å². The lowest BCUT2D eigenvalue weighted by Crippen LogP contribution is -2.42. The van der Waals surface area contributed by atoms with Gasteiger partial charge in [0.1, 0.15) is 0 Å². The Balaban J connectivity index is 4.50. The molecule has 0 aromatic rings. The molecule has 0 heterocycles. The summed E-state index contributed by atoms with van der Waals surface area (Å²) in [7, 11) is 0. The highest BCUT2D eigenvalue weighted by atomic mass is 19.3. The van der Waals surface area contributed by atoms with E-state index in [0.29, 0.717) is 0 Å². The van der Waals surface area contributed by atoms with Crippen LogP contribution in [0.15, 0.2) is 0 Å². The van der Waals surface area contributed by atoms with Crippen molar-refractivity contribution in [2.75, 3.05) is 0 Å². The van der Waals surface area contributed by atoms with Crippen LogP contribution in [0.1, 0.15) is 19.8 Å². The number of halogens is 6. The summed E-state index contributed by atoms with van der Waals surface area (Å²) in [5.41, 5.74) is 0. The lowest BCUT2D eigenvalue weighted by atomic mass is 10.1. The van der Waals surface area contributed by atoms with Gasteiger partial charge in [0, 0.05) is 6.42 Å². The smallest absolute Gasteiger partial charge is 0.200 e. The van der Waals surface area contributed by atoms with Crippen LogP contribution >= 0.6 is 0 Å². The van der Waals surface area contributed by atoms with E-state index in [9.17, 15) is 26.3 Å². The first-order valence-electron chi connectivity index (χ1n) is 3.19. The van der Waals surface area contributed by atoms with Crippen molar-refractivity contribution in [3.05, 3.63) is 6.43 Å². The Bertz CT molecular complexity index is 141. The van der Waals surface area contributed by atoms with Crippen molar-refractivity contribution in [3.8, 4) is 0 Å². The minimum Gasteiger partial charge on any atom is -0.200 e. The van der Waals surface area contributed by atoms with Gasteiger partial charge in [0.2, 0.25) is 0 Å². The molecule has 6 heteroatoms. The molecule has 0 saturated heterocycles. The molecule has 0 amide bonds. The van der Waals surface area contributed by atoms with Crippen LogP contribution in [0.3, 0.4) is 0 Å². The second-order valence-electron chi connectivity index (χ2n) is 2.29. The zero-order valence-electron chi connectivity index (χ0n) is 6.18. The van der Waals surface area contributed by atoms with Crippen molar-refractivity contribution in [1.82, 2.24) is 0 Å². The van der Waals surface area contributed by atoms with Gasteiger partial charge in [-0.15, -0.1) is 0 Å². The second kappa shape index (κ2) is 3.53. The maximum atomic E-state index is 12.2. The highest BCUT2D eigenvalue weighted by Crippen LogP contribution is 2.45. The Kier molecular flexibility index (Phi) is 3.41. The average molecular weight is 193 g/mol. The van der Waals surface area contributed by atoms with Crippen molar-refractivity contribution >= 4 is 0 Å². The molecule has 0 N–H and O–H groups in total. The Morgan fingerprint density at radius 3 is 1.75 bits per heavy atom. The summed E-state index contributed by atoms with van der Waals surface area (Å²) in [6.45, 7) is 1.21. The van der Waals surface area contributed by atoms with E-state index in [0.717, 1.165) is 0 Å². The number of alkyl halides is 4. The lowest BCUT2D eigenvalue weighted by Gasteiger charge is -2.24. The predicted octanol–water partition coefficient (Wildman–Crippen LogP) is 3.49. The van der Waals surface area contributed by atoms with Crippen molar-refractivity contribution < 1.29 is 26.3 Å². The lowest BCUT2D eigenvalue weighted by molar-refractivity contribution is -0.230. The molecule has 0 spiro atoms. The fraction of sp³-hybridized carbons (Fsp3) is 0.833. The molecule has 73 valence electrons. The van der Waals surface area contributed by atoms with Crippen LogP contribution in [-0.2, 0) is 0 Å². The first kappa shape index (κ1) is 11.6. The summed E-state index contributed by atoms with van der Waals surface area (Å²) in [5.74, 6) is -9.95. The normalized spacial score (nSPS) is 14.0. The molecule has 0 aliphatic heterocycles. The maximum absolute atomic E-state index is 12.2. The van der Waals surface area contributed by atoms with Crippen LogP contribution in [0.2, 0.25) is 0 Å². The van der Waals surface area contributed by atoms with Crippen molar-refractivity contribution in [3.63, 3.8) is 0 Å². The largest absolute Gasteiger partial charge is 0.384 e. The molecule has 0 nitrogen and oxygen atoms in total. The van der Waals surface area contributed by atoms with E-state index in [2.05, 4.69) is 0 Å². The molecular formula is C6H7F6. The first-order chi connectivity index (χ1) is 5.25. The van der Waals surface area contributed by atoms with E-state index >= 15 is 0 Å². The van der Waals surface area contributed by atoms with Gasteiger partial charge in [-0.05, 0) is 0 Å². The minimum absolute atomic E-state index is 0.282. The second-order valence-corrected chi connectivity index (χ2v) is 2.29. The third-order valence-electron chi connectivity index (χ3n) is 1.26. The number of hydrogen-bond acceptors (Lipinski definition) is 0. The van der Waals surface area contributed by atoms with Crippen LogP contribution in [0.4, 0.5) is 26.3 Å². The van der Waals surface area contributed by atoms with Gasteiger partial charge in [-0.3, -0.25) is 0 Å². The van der Waals surface area contributed by atoms with E-state index in [1.54, 1.807) is 0 Å². The van der Waals surface area contributed by atoms with Gasteiger partial charge >= 0.3 is 18.3 Å². The van der Waals surface area contributed by atoms with Crippen LogP contribution in [-0.4, -0.2) is 11.8 Å². The summed E-state index contributed by atoms with van der Waals surface area (Å²) in [5, 5.41) is 0. The van der Waals surface area contributed by atoms with Crippen LogP contribution in [0.5, 0.6) is 0 Å². The fourth-order valence-electron chi connectivity index (χ4n) is 0.609. The maximum Gasteiger partial charge on any atom is 0.384 e. The molecule has 0 bridgehead atoms. The Labute approximate surface area is 65.6 Å². The molecule has 0 aromatic heterocycles. The van der Waals surface area contributed by atoms with Gasteiger partial charge in [0.25, 0.3) is 0 Å².